The molecule has 0 aliphatic carbocycles. The van der Waals surface area contributed by atoms with Crippen LogP contribution in [-0.2, 0) is 33.4 Å². The van der Waals surface area contributed by atoms with Gasteiger partial charge in [0.25, 0.3) is 0 Å². The fourth-order valence-electron chi connectivity index (χ4n) is 9.41. The molecule has 0 aliphatic rings. The monoisotopic (exact) mass is 949 g/mol. The van der Waals surface area contributed by atoms with Crippen molar-refractivity contribution >= 4 is 23.7 Å². The van der Waals surface area contributed by atoms with Crippen LogP contribution in [0.3, 0.4) is 0 Å². The van der Waals surface area contributed by atoms with Gasteiger partial charge in [-0.1, -0.05) is 290 Å². The molecule has 0 aromatic heterocycles. The van der Waals surface area contributed by atoms with Crippen LogP contribution in [0.25, 0.3) is 0 Å². The maximum Gasteiger partial charge on any atom is 0.340 e. The molecule has 0 heterocycles. The van der Waals surface area contributed by atoms with Crippen molar-refractivity contribution < 1.29 is 38.5 Å². The Morgan fingerprint density at radius 2 is 0.567 bits per heavy atom. The molecule has 1 N–H and O–H groups in total. The number of ketones is 1. The van der Waals surface area contributed by atoms with Gasteiger partial charge < -0.3 is 19.3 Å². The van der Waals surface area contributed by atoms with Gasteiger partial charge in [-0.05, 0) is 26.2 Å². The van der Waals surface area contributed by atoms with Crippen LogP contribution in [0.2, 0.25) is 0 Å². The first-order valence-corrected chi connectivity index (χ1v) is 29.5. The van der Waals surface area contributed by atoms with Gasteiger partial charge in [0.1, 0.15) is 5.78 Å². The lowest BCUT2D eigenvalue weighted by atomic mass is 9.81. The van der Waals surface area contributed by atoms with E-state index in [4.69, 9.17) is 14.2 Å². The molecule has 0 bridgehead atoms. The summed E-state index contributed by atoms with van der Waals surface area (Å²) >= 11 is 0. The largest absolute Gasteiger partial charge is 0.466 e. The number of hydrogen-bond acceptors (Lipinski definition) is 8. The minimum Gasteiger partial charge on any atom is -0.466 e. The van der Waals surface area contributed by atoms with E-state index in [9.17, 15) is 24.3 Å². The maximum absolute atomic E-state index is 13.6. The highest BCUT2D eigenvalue weighted by Crippen LogP contribution is 2.28. The number of aliphatic hydroxyl groups is 1. The maximum atomic E-state index is 13.6. The Morgan fingerprint density at radius 3 is 0.821 bits per heavy atom. The third-order valence-corrected chi connectivity index (χ3v) is 13.9. The number of hydrogen-bond donors (Lipinski definition) is 1. The first kappa shape index (κ1) is 65.0. The summed E-state index contributed by atoms with van der Waals surface area (Å²) in [7, 11) is 0. The van der Waals surface area contributed by atoms with Gasteiger partial charge in [-0.3, -0.25) is 14.4 Å². The van der Waals surface area contributed by atoms with Crippen molar-refractivity contribution in [2.24, 2.45) is 5.92 Å². The van der Waals surface area contributed by atoms with E-state index in [1.807, 2.05) is 0 Å². The van der Waals surface area contributed by atoms with Gasteiger partial charge in [-0.15, -0.1) is 0 Å². The van der Waals surface area contributed by atoms with E-state index in [0.29, 0.717) is 19.3 Å². The van der Waals surface area contributed by atoms with Crippen molar-refractivity contribution in [3.05, 3.63) is 0 Å². The van der Waals surface area contributed by atoms with Crippen LogP contribution in [0.5, 0.6) is 0 Å². The second-order valence-electron chi connectivity index (χ2n) is 20.5. The number of carbonyl (C=O) groups is 4. The molecule has 0 radical (unpaired) electrons. The van der Waals surface area contributed by atoms with E-state index in [2.05, 4.69) is 20.8 Å². The van der Waals surface area contributed by atoms with E-state index in [1.54, 1.807) is 0 Å². The molecule has 2 unspecified atom stereocenters. The second kappa shape index (κ2) is 50.4. The molecule has 2 atom stereocenters. The van der Waals surface area contributed by atoms with Gasteiger partial charge in [0.15, 0.2) is 11.5 Å². The van der Waals surface area contributed by atoms with Gasteiger partial charge >= 0.3 is 17.9 Å². The molecule has 8 heteroatoms. The van der Waals surface area contributed by atoms with Crippen molar-refractivity contribution in [3.8, 4) is 0 Å². The summed E-state index contributed by atoms with van der Waals surface area (Å²) in [6.07, 6.45) is 53.8. The summed E-state index contributed by atoms with van der Waals surface area (Å²) in [6, 6.07) is 0. The van der Waals surface area contributed by atoms with E-state index in [1.165, 1.54) is 212 Å². The summed E-state index contributed by atoms with van der Waals surface area (Å²) in [4.78, 5) is 53.2. The number of carbonyl (C=O) groups excluding carboxylic acids is 4. The lowest BCUT2D eigenvalue weighted by Crippen LogP contribution is -2.55. The van der Waals surface area contributed by atoms with Gasteiger partial charge in [0, 0.05) is 0 Å². The molecular formula is C59H112O8. The molecule has 8 nitrogen and oxygen atoms in total. The van der Waals surface area contributed by atoms with E-state index in [-0.39, 0.29) is 19.8 Å². The molecule has 0 aliphatic heterocycles. The normalized spacial score (nSPS) is 12.8. The fraction of sp³-hybridized carbons (Fsp3) is 0.932. The predicted octanol–water partition coefficient (Wildman–Crippen LogP) is 17.6. The molecule has 0 spiro atoms. The molecule has 0 aromatic rings. The van der Waals surface area contributed by atoms with E-state index >= 15 is 0 Å². The zero-order valence-corrected chi connectivity index (χ0v) is 45.0. The van der Waals surface area contributed by atoms with Gasteiger partial charge in [0.2, 0.25) is 0 Å². The fourth-order valence-corrected chi connectivity index (χ4v) is 9.41. The van der Waals surface area contributed by atoms with Crippen molar-refractivity contribution in [3.63, 3.8) is 0 Å². The molecule has 0 saturated heterocycles. The van der Waals surface area contributed by atoms with Crippen LogP contribution in [0.1, 0.15) is 323 Å². The number of ether oxygens (including phenoxy) is 3. The third kappa shape index (κ3) is 41.5. The topological polar surface area (TPSA) is 116 Å². The zero-order valence-electron chi connectivity index (χ0n) is 45.0. The summed E-state index contributed by atoms with van der Waals surface area (Å²) in [5.74, 6) is -5.61. The average molecular weight is 950 g/mol. The number of esters is 3. The quantitative estimate of drug-likeness (QED) is 0.0277. The minimum atomic E-state index is -2.71. The van der Waals surface area contributed by atoms with Crippen LogP contribution in [0.4, 0.5) is 0 Å². The molecule has 67 heavy (non-hydrogen) atoms. The Bertz CT molecular complexity index is 1110. The Balaban J connectivity index is 4.80. The molecule has 0 saturated carbocycles. The highest BCUT2D eigenvalue weighted by atomic mass is 16.6. The third-order valence-electron chi connectivity index (χ3n) is 13.9. The van der Waals surface area contributed by atoms with Gasteiger partial charge in [-0.25, -0.2) is 4.79 Å². The minimum absolute atomic E-state index is 0.0341. The summed E-state index contributed by atoms with van der Waals surface area (Å²) < 4.78 is 16.5. The SMILES string of the molecule is CCCCCCCCCCCCCCCCCOC(=O)CC(O)(C(=O)OCCCCCCCCCCCCCCCCC)C(C(C)=O)C(=O)OCCCCCCCCCCCCCCCCC. The van der Waals surface area contributed by atoms with Gasteiger partial charge in [0.05, 0.1) is 26.2 Å². The van der Waals surface area contributed by atoms with Crippen molar-refractivity contribution in [1.82, 2.24) is 0 Å². The van der Waals surface area contributed by atoms with Crippen LogP contribution in [0, 0.1) is 5.92 Å². The molecule has 0 rings (SSSR count). The number of unbranched alkanes of at least 4 members (excludes halogenated alkanes) is 42. The van der Waals surface area contributed by atoms with E-state index in [0.717, 1.165) is 64.7 Å². The standard InChI is InChI=1S/C59H112O8/c1-5-8-11-14-17-20-23-26-29-32-35-38-41-44-47-50-65-55(61)53-59(64,58(63)67-52-49-46-43-40-37-34-31-28-25-22-19-16-13-10-7-3)56(54(4)60)57(62)66-51-48-45-42-39-36-33-30-27-24-21-18-15-12-9-6-2/h56,64H,5-53H2,1-4H3. The molecule has 396 valence electrons. The molecule has 0 fully saturated rings. The van der Waals surface area contributed by atoms with Crippen LogP contribution in [-0.4, -0.2) is 54.2 Å². The summed E-state index contributed by atoms with van der Waals surface area (Å²) in [5, 5.41) is 11.8. The Morgan fingerprint density at radius 1 is 0.343 bits per heavy atom. The lowest BCUT2D eigenvalue weighted by molar-refractivity contribution is -0.187. The first-order chi connectivity index (χ1) is 32.7. The van der Waals surface area contributed by atoms with Crippen LogP contribution >= 0.6 is 0 Å². The Labute approximate surface area is 415 Å². The van der Waals surface area contributed by atoms with Crippen LogP contribution < -0.4 is 0 Å². The molecule has 0 amide bonds. The predicted molar refractivity (Wildman–Crippen MR) is 281 cm³/mol. The van der Waals surface area contributed by atoms with Crippen molar-refractivity contribution in [2.45, 2.75) is 329 Å². The van der Waals surface area contributed by atoms with E-state index < -0.39 is 41.6 Å². The Hall–Kier alpha value is -1.96. The summed E-state index contributed by atoms with van der Waals surface area (Å²) in [5.41, 5.74) is -2.71. The van der Waals surface area contributed by atoms with Gasteiger partial charge in [-0.2, -0.15) is 0 Å². The Kier molecular flexibility index (Phi) is 49.0. The number of Topliss-reactive ketones (excluding diaryl/α,β-unsaturated/α-hetero) is 1. The lowest BCUT2D eigenvalue weighted by Gasteiger charge is -2.30. The summed E-state index contributed by atoms with van der Waals surface area (Å²) in [6.45, 7) is 8.18. The number of rotatable bonds is 54. The first-order valence-electron chi connectivity index (χ1n) is 29.5. The highest BCUT2D eigenvalue weighted by molar-refractivity contribution is 6.05. The smallest absolute Gasteiger partial charge is 0.340 e. The second-order valence-corrected chi connectivity index (χ2v) is 20.5. The molecular weight excluding hydrogens is 837 g/mol. The van der Waals surface area contributed by atoms with Crippen molar-refractivity contribution in [2.75, 3.05) is 19.8 Å². The molecule has 0 aromatic carbocycles. The zero-order chi connectivity index (χ0) is 49.2. The highest BCUT2D eigenvalue weighted by Gasteiger charge is 2.54. The van der Waals surface area contributed by atoms with Crippen molar-refractivity contribution in [1.29, 1.82) is 0 Å². The average Bonchev–Trinajstić information content (AvgIpc) is 3.30. The van der Waals surface area contributed by atoms with Crippen LogP contribution in [0.15, 0.2) is 0 Å².